The van der Waals surface area contributed by atoms with Gasteiger partial charge in [0.15, 0.2) is 5.75 Å². The summed E-state index contributed by atoms with van der Waals surface area (Å²) in [4.78, 5) is 23.2. The number of benzene rings is 2. The summed E-state index contributed by atoms with van der Waals surface area (Å²) in [5.41, 5.74) is 6.16. The van der Waals surface area contributed by atoms with Crippen molar-refractivity contribution in [3.05, 3.63) is 78.6 Å². The van der Waals surface area contributed by atoms with Gasteiger partial charge in [0.25, 0.3) is 0 Å². The van der Waals surface area contributed by atoms with Crippen molar-refractivity contribution < 1.29 is 14.3 Å². The first-order valence-corrected chi connectivity index (χ1v) is 13.0. The van der Waals surface area contributed by atoms with Crippen LogP contribution in [-0.2, 0) is 4.79 Å². The highest BCUT2D eigenvalue weighted by Gasteiger charge is 2.30. The Morgan fingerprint density at radius 2 is 2.03 bits per heavy atom. The van der Waals surface area contributed by atoms with Gasteiger partial charge in [-0.1, -0.05) is 42.5 Å². The number of rotatable bonds is 6. The molecule has 1 amide bonds. The minimum atomic E-state index is 0.0103. The van der Waals surface area contributed by atoms with Crippen LogP contribution in [0.1, 0.15) is 30.0 Å². The number of likely N-dealkylation sites (tertiary alicyclic amines) is 1. The molecule has 4 heterocycles. The number of fused-ring (bicyclic) bond motifs is 2. The fraction of sp³-hybridized carbons (Fsp3) is 0.300. The lowest BCUT2D eigenvalue weighted by Gasteiger charge is -2.33. The van der Waals surface area contributed by atoms with Crippen molar-refractivity contribution in [3.8, 4) is 34.0 Å². The molecule has 2 aromatic carbocycles. The Kier molecular flexibility index (Phi) is 6.33. The molecular weight excluding hydrogens is 478 g/mol. The SMILES string of the molecule is C=CC(=O)N1CCC(N[C@H]2COc3cc(-c4nc5ncc(OC)cn5c4-c4cccc(C)c4)ccc32)CC1. The Labute approximate surface area is 221 Å². The average molecular weight is 510 g/mol. The van der Waals surface area contributed by atoms with E-state index >= 15 is 0 Å². The molecule has 1 saturated heterocycles. The minimum absolute atomic E-state index is 0.0103. The summed E-state index contributed by atoms with van der Waals surface area (Å²) in [6.07, 6.45) is 6.84. The van der Waals surface area contributed by atoms with Crippen LogP contribution in [0.5, 0.6) is 11.5 Å². The molecule has 2 aliphatic rings. The van der Waals surface area contributed by atoms with Crippen LogP contribution >= 0.6 is 0 Å². The van der Waals surface area contributed by atoms with Crippen LogP contribution in [0, 0.1) is 6.92 Å². The molecule has 1 fully saturated rings. The Hall–Kier alpha value is -4.17. The average Bonchev–Trinajstić information content (AvgIpc) is 3.53. The van der Waals surface area contributed by atoms with Crippen molar-refractivity contribution in [2.75, 3.05) is 26.8 Å². The van der Waals surface area contributed by atoms with Gasteiger partial charge in [-0.15, -0.1) is 0 Å². The zero-order valence-corrected chi connectivity index (χ0v) is 21.7. The highest BCUT2D eigenvalue weighted by molar-refractivity contribution is 5.87. The van der Waals surface area contributed by atoms with Gasteiger partial charge in [-0.05, 0) is 38.0 Å². The minimum Gasteiger partial charge on any atom is -0.494 e. The highest BCUT2D eigenvalue weighted by atomic mass is 16.5. The molecule has 0 bridgehead atoms. The van der Waals surface area contributed by atoms with Crippen LogP contribution in [0.25, 0.3) is 28.3 Å². The predicted octanol–water partition coefficient (Wildman–Crippen LogP) is 4.58. The molecule has 8 heteroatoms. The van der Waals surface area contributed by atoms with Gasteiger partial charge in [-0.2, -0.15) is 0 Å². The van der Waals surface area contributed by atoms with Gasteiger partial charge in [-0.25, -0.2) is 9.97 Å². The molecule has 0 spiro atoms. The Balaban J connectivity index is 1.30. The summed E-state index contributed by atoms with van der Waals surface area (Å²) < 4.78 is 13.6. The van der Waals surface area contributed by atoms with E-state index in [-0.39, 0.29) is 11.9 Å². The van der Waals surface area contributed by atoms with Crippen molar-refractivity contribution in [1.29, 1.82) is 0 Å². The third kappa shape index (κ3) is 4.41. The zero-order valence-electron chi connectivity index (χ0n) is 21.7. The van der Waals surface area contributed by atoms with Crippen molar-refractivity contribution in [2.45, 2.75) is 31.8 Å². The van der Waals surface area contributed by atoms with E-state index < -0.39 is 0 Å². The Morgan fingerprint density at radius 1 is 1.18 bits per heavy atom. The highest BCUT2D eigenvalue weighted by Crippen LogP contribution is 2.39. The molecule has 6 rings (SSSR count). The van der Waals surface area contributed by atoms with Crippen LogP contribution in [0.2, 0.25) is 0 Å². The molecule has 0 saturated carbocycles. The second-order valence-electron chi connectivity index (χ2n) is 9.93. The number of methoxy groups -OCH3 is 1. The van der Waals surface area contributed by atoms with E-state index in [1.54, 1.807) is 13.3 Å². The molecule has 4 aromatic rings. The molecule has 8 nitrogen and oxygen atoms in total. The number of nitrogens with one attached hydrogen (secondary N) is 1. The smallest absolute Gasteiger partial charge is 0.245 e. The standard InChI is InChI=1S/C30H31N5O3/c1-4-27(36)34-12-10-22(11-13-34)32-25-18-38-26-15-20(8-9-24(25)26)28-29(21-7-5-6-19(2)14-21)35-17-23(37-3)16-31-30(35)33-28/h4-9,14-17,22,25,32H,1,10-13,18H2,2-3H3/t25-/m0/s1. The van der Waals surface area contributed by atoms with Crippen LogP contribution in [0.4, 0.5) is 0 Å². The maximum atomic E-state index is 11.9. The lowest BCUT2D eigenvalue weighted by Crippen LogP contribution is -2.45. The monoisotopic (exact) mass is 509 g/mol. The van der Waals surface area contributed by atoms with Crippen molar-refractivity contribution in [1.82, 2.24) is 24.6 Å². The number of hydrogen-bond acceptors (Lipinski definition) is 6. The van der Waals surface area contributed by atoms with Crippen molar-refractivity contribution in [3.63, 3.8) is 0 Å². The van der Waals surface area contributed by atoms with Gasteiger partial charge in [0.05, 0.1) is 36.9 Å². The second-order valence-corrected chi connectivity index (χ2v) is 9.93. The number of piperidine rings is 1. The largest absolute Gasteiger partial charge is 0.494 e. The lowest BCUT2D eigenvalue weighted by atomic mass is 9.99. The van der Waals surface area contributed by atoms with Gasteiger partial charge < -0.3 is 19.7 Å². The Morgan fingerprint density at radius 3 is 2.79 bits per heavy atom. The summed E-state index contributed by atoms with van der Waals surface area (Å²) >= 11 is 0. The maximum absolute atomic E-state index is 11.9. The number of carbonyl (C=O) groups excluding carboxylic acids is 1. The van der Waals surface area contributed by atoms with Gasteiger partial charge >= 0.3 is 0 Å². The summed E-state index contributed by atoms with van der Waals surface area (Å²) in [5.74, 6) is 2.16. The van der Waals surface area contributed by atoms with Crippen molar-refractivity contribution >= 4 is 11.7 Å². The molecule has 0 unspecified atom stereocenters. The van der Waals surface area contributed by atoms with Gasteiger partial charge in [0, 0.05) is 35.8 Å². The first-order chi connectivity index (χ1) is 18.5. The van der Waals surface area contributed by atoms with Crippen LogP contribution in [0.3, 0.4) is 0 Å². The molecule has 194 valence electrons. The van der Waals surface area contributed by atoms with Crippen LogP contribution in [-0.4, -0.2) is 58.0 Å². The third-order valence-corrected chi connectivity index (χ3v) is 7.47. The van der Waals surface area contributed by atoms with Gasteiger partial charge in [0.1, 0.15) is 12.4 Å². The van der Waals surface area contributed by atoms with Crippen LogP contribution < -0.4 is 14.8 Å². The van der Waals surface area contributed by atoms with E-state index in [4.69, 9.17) is 14.5 Å². The van der Waals surface area contributed by atoms with Crippen molar-refractivity contribution in [2.24, 2.45) is 0 Å². The molecule has 0 radical (unpaired) electrons. The molecule has 1 N–H and O–H groups in total. The number of amides is 1. The number of aromatic nitrogens is 3. The summed E-state index contributed by atoms with van der Waals surface area (Å²) in [7, 11) is 1.64. The number of carbonyl (C=O) groups is 1. The lowest BCUT2D eigenvalue weighted by molar-refractivity contribution is -0.127. The third-order valence-electron chi connectivity index (χ3n) is 7.47. The number of imidazole rings is 1. The van der Waals surface area contributed by atoms with E-state index in [0.29, 0.717) is 24.2 Å². The van der Waals surface area contributed by atoms with E-state index in [2.05, 4.69) is 66.3 Å². The van der Waals surface area contributed by atoms with E-state index in [1.807, 2.05) is 15.5 Å². The number of ether oxygens (including phenoxy) is 2. The molecule has 2 aromatic heterocycles. The predicted molar refractivity (Wildman–Crippen MR) is 146 cm³/mol. The topological polar surface area (TPSA) is 81.0 Å². The maximum Gasteiger partial charge on any atom is 0.245 e. The fourth-order valence-electron chi connectivity index (χ4n) is 5.47. The first kappa shape index (κ1) is 24.2. The molecule has 0 aliphatic carbocycles. The number of hydrogen-bond donors (Lipinski definition) is 1. The van der Waals surface area contributed by atoms with Gasteiger partial charge in [-0.3, -0.25) is 9.20 Å². The first-order valence-electron chi connectivity index (χ1n) is 13.0. The van der Waals surface area contributed by atoms with E-state index in [9.17, 15) is 4.79 Å². The van der Waals surface area contributed by atoms with Gasteiger partial charge in [0.2, 0.25) is 11.7 Å². The fourth-order valence-corrected chi connectivity index (χ4v) is 5.47. The molecule has 1 atom stereocenters. The Bertz CT molecular complexity index is 1520. The van der Waals surface area contributed by atoms with E-state index in [1.165, 1.54) is 11.6 Å². The number of aryl methyl sites for hydroxylation is 1. The van der Waals surface area contributed by atoms with Crippen LogP contribution in [0.15, 0.2) is 67.5 Å². The summed E-state index contributed by atoms with van der Waals surface area (Å²) in [6, 6.07) is 15.2. The molecule has 2 aliphatic heterocycles. The summed E-state index contributed by atoms with van der Waals surface area (Å²) in [6.45, 7) is 7.76. The number of nitrogens with zero attached hydrogens (tertiary/aromatic N) is 4. The second kappa shape index (κ2) is 9.95. The van der Waals surface area contributed by atoms with E-state index in [0.717, 1.165) is 59.8 Å². The quantitative estimate of drug-likeness (QED) is 0.383. The normalized spacial score (nSPS) is 17.3. The molecular formula is C30H31N5O3. The zero-order chi connectivity index (χ0) is 26.2. The summed E-state index contributed by atoms with van der Waals surface area (Å²) in [5, 5.41) is 3.76. The molecule has 38 heavy (non-hydrogen) atoms.